The van der Waals surface area contributed by atoms with Crippen molar-refractivity contribution in [2.75, 3.05) is 16.3 Å². The Morgan fingerprint density at radius 1 is 1.06 bits per heavy atom. The summed E-state index contributed by atoms with van der Waals surface area (Å²) >= 11 is 6.14. The van der Waals surface area contributed by atoms with E-state index in [0.29, 0.717) is 10.7 Å². The third-order valence-electron chi connectivity index (χ3n) is 5.73. The Balaban J connectivity index is 0.00000304. The van der Waals surface area contributed by atoms with E-state index in [0.717, 1.165) is 33.9 Å². The molecule has 2 amide bonds. The van der Waals surface area contributed by atoms with Gasteiger partial charge in [0.15, 0.2) is 0 Å². The predicted molar refractivity (Wildman–Crippen MR) is 137 cm³/mol. The lowest BCUT2D eigenvalue weighted by atomic mass is 10.1. The smallest absolute Gasteiger partial charge is 0.299 e. The largest absolute Gasteiger partial charge is 0.351 e. The van der Waals surface area contributed by atoms with E-state index in [1.54, 1.807) is 42.9 Å². The van der Waals surface area contributed by atoms with Crippen molar-refractivity contribution in [1.29, 1.82) is 0 Å². The molecule has 0 unspecified atom stereocenters. The molecule has 0 aliphatic carbocycles. The predicted octanol–water partition coefficient (Wildman–Crippen LogP) is 5.05. The highest BCUT2D eigenvalue weighted by Gasteiger charge is 2.38. The zero-order valence-corrected chi connectivity index (χ0v) is 20.2. The van der Waals surface area contributed by atoms with Gasteiger partial charge in [0.1, 0.15) is 12.4 Å². The number of Topliss-reactive ketones (excluding diaryl/α,β-unsaturated/α-hetero) is 1. The van der Waals surface area contributed by atoms with E-state index in [4.69, 9.17) is 11.6 Å². The van der Waals surface area contributed by atoms with Crippen LogP contribution in [-0.2, 0) is 16.1 Å². The normalized spacial score (nSPS) is 12.3. The molecule has 0 fully saturated rings. The molecular formula is C26H19Cl2FN4O3. The van der Waals surface area contributed by atoms with Crippen LogP contribution in [0.3, 0.4) is 0 Å². The Labute approximate surface area is 216 Å². The van der Waals surface area contributed by atoms with Gasteiger partial charge in [0.2, 0.25) is 5.91 Å². The molecule has 10 heteroatoms. The van der Waals surface area contributed by atoms with Gasteiger partial charge >= 0.3 is 0 Å². The zero-order valence-electron chi connectivity index (χ0n) is 18.7. The number of aromatic nitrogens is 2. The lowest BCUT2D eigenvalue weighted by Crippen LogP contribution is -2.42. The summed E-state index contributed by atoms with van der Waals surface area (Å²) in [6.07, 6.45) is 3.34. The molecule has 0 spiro atoms. The van der Waals surface area contributed by atoms with Gasteiger partial charge < -0.3 is 9.88 Å². The van der Waals surface area contributed by atoms with E-state index in [9.17, 15) is 18.8 Å². The van der Waals surface area contributed by atoms with Gasteiger partial charge in [0, 0.05) is 22.5 Å². The number of aromatic amines is 1. The lowest BCUT2D eigenvalue weighted by Gasteiger charge is -2.26. The van der Waals surface area contributed by atoms with Crippen LogP contribution in [0.2, 0.25) is 5.02 Å². The van der Waals surface area contributed by atoms with Gasteiger partial charge in [0.05, 0.1) is 29.8 Å². The number of carbonyl (C=O) groups is 3. The highest BCUT2D eigenvalue weighted by molar-refractivity contribution is 6.52. The summed E-state index contributed by atoms with van der Waals surface area (Å²) in [6, 6.07) is 17.9. The summed E-state index contributed by atoms with van der Waals surface area (Å²) in [7, 11) is 0. The summed E-state index contributed by atoms with van der Waals surface area (Å²) in [5.74, 6) is -2.75. The van der Waals surface area contributed by atoms with Gasteiger partial charge in [-0.25, -0.2) is 9.37 Å². The fourth-order valence-corrected chi connectivity index (χ4v) is 4.23. The summed E-state index contributed by atoms with van der Waals surface area (Å²) in [6.45, 7) is -0.196. The zero-order chi connectivity index (χ0) is 24.5. The van der Waals surface area contributed by atoms with Gasteiger partial charge in [-0.05, 0) is 48.0 Å². The fraction of sp³-hybridized carbons (Fsp3) is 0.0769. The first kappa shape index (κ1) is 25.1. The van der Waals surface area contributed by atoms with Crippen LogP contribution >= 0.6 is 24.0 Å². The average molecular weight is 525 g/mol. The van der Waals surface area contributed by atoms with Crippen LogP contribution in [-0.4, -0.2) is 34.1 Å². The molecule has 1 aromatic heterocycles. The third-order valence-corrected chi connectivity index (χ3v) is 5.97. The minimum atomic E-state index is -0.865. The van der Waals surface area contributed by atoms with Crippen molar-refractivity contribution in [2.45, 2.75) is 6.54 Å². The van der Waals surface area contributed by atoms with Crippen LogP contribution in [0.15, 0.2) is 79.3 Å². The SMILES string of the molecule is Cl.O=C1C(=O)N(CC(=O)N(Cc2cccc(Cl)c2)c2ccc(-c3c[nH]cn3)cc2)c2ccc(F)cc21. The molecule has 0 saturated carbocycles. The molecular weight excluding hydrogens is 506 g/mol. The Bertz CT molecular complexity index is 1440. The number of carbonyl (C=O) groups excluding carboxylic acids is 3. The molecule has 1 aliphatic rings. The number of H-pyrrole nitrogens is 1. The average Bonchev–Trinajstić information content (AvgIpc) is 3.47. The molecule has 7 nitrogen and oxygen atoms in total. The van der Waals surface area contributed by atoms with Crippen molar-refractivity contribution in [1.82, 2.24) is 9.97 Å². The Kier molecular flexibility index (Phi) is 7.19. The molecule has 4 aromatic rings. The fourth-order valence-electron chi connectivity index (χ4n) is 4.02. The number of benzene rings is 3. The van der Waals surface area contributed by atoms with Crippen LogP contribution in [0.25, 0.3) is 11.3 Å². The molecule has 36 heavy (non-hydrogen) atoms. The molecule has 3 aromatic carbocycles. The monoisotopic (exact) mass is 524 g/mol. The molecule has 0 atom stereocenters. The number of ketones is 1. The van der Waals surface area contributed by atoms with E-state index in [-0.39, 0.29) is 36.7 Å². The maximum atomic E-state index is 13.6. The van der Waals surface area contributed by atoms with Gasteiger partial charge in [-0.15, -0.1) is 12.4 Å². The minimum Gasteiger partial charge on any atom is -0.351 e. The summed E-state index contributed by atoms with van der Waals surface area (Å²) in [5, 5.41) is 0.528. The Morgan fingerprint density at radius 3 is 2.53 bits per heavy atom. The number of imidazole rings is 1. The number of rotatable bonds is 6. The van der Waals surface area contributed by atoms with E-state index < -0.39 is 23.4 Å². The first-order valence-corrected chi connectivity index (χ1v) is 11.1. The number of amides is 2. The number of hydrogen-bond donors (Lipinski definition) is 1. The number of halogens is 3. The number of anilines is 2. The van der Waals surface area contributed by atoms with Crippen molar-refractivity contribution >= 4 is 53.0 Å². The van der Waals surface area contributed by atoms with E-state index >= 15 is 0 Å². The summed E-state index contributed by atoms with van der Waals surface area (Å²) in [5.41, 5.74) is 3.16. The molecule has 2 heterocycles. The van der Waals surface area contributed by atoms with Crippen molar-refractivity contribution in [3.8, 4) is 11.3 Å². The molecule has 182 valence electrons. The number of nitrogens with zero attached hydrogens (tertiary/aromatic N) is 3. The maximum absolute atomic E-state index is 13.6. The van der Waals surface area contributed by atoms with Gasteiger partial charge in [0.25, 0.3) is 11.7 Å². The van der Waals surface area contributed by atoms with Crippen LogP contribution in [0.5, 0.6) is 0 Å². The lowest BCUT2D eigenvalue weighted by molar-refractivity contribution is -0.120. The van der Waals surface area contributed by atoms with Crippen LogP contribution < -0.4 is 9.80 Å². The standard InChI is InChI=1S/C26H18ClFN4O3.ClH/c27-18-3-1-2-16(10-18)13-31(20-7-4-17(5-8-20)22-12-29-15-30-22)24(33)14-32-23-9-6-19(28)11-21(23)25(34)26(32)35;/h1-12,15H,13-14H2,(H,29,30);1H. The van der Waals surface area contributed by atoms with E-state index in [1.165, 1.54) is 11.0 Å². The van der Waals surface area contributed by atoms with Crippen LogP contribution in [0.4, 0.5) is 15.8 Å². The van der Waals surface area contributed by atoms with Crippen molar-refractivity contribution in [3.63, 3.8) is 0 Å². The van der Waals surface area contributed by atoms with Crippen LogP contribution in [0.1, 0.15) is 15.9 Å². The summed E-state index contributed by atoms with van der Waals surface area (Å²) < 4.78 is 13.6. The van der Waals surface area contributed by atoms with Gasteiger partial charge in [-0.1, -0.05) is 35.9 Å². The van der Waals surface area contributed by atoms with E-state index in [2.05, 4.69) is 9.97 Å². The Morgan fingerprint density at radius 2 is 1.83 bits per heavy atom. The number of nitrogens with one attached hydrogen (secondary N) is 1. The third kappa shape index (κ3) is 4.86. The molecule has 0 saturated heterocycles. The second-order valence-electron chi connectivity index (χ2n) is 7.99. The topological polar surface area (TPSA) is 86.4 Å². The van der Waals surface area contributed by atoms with Crippen molar-refractivity contribution < 1.29 is 18.8 Å². The summed E-state index contributed by atoms with van der Waals surface area (Å²) in [4.78, 5) is 48.2. The first-order chi connectivity index (χ1) is 16.9. The second-order valence-corrected chi connectivity index (χ2v) is 8.43. The molecule has 1 N–H and O–H groups in total. The molecule has 1 aliphatic heterocycles. The van der Waals surface area contributed by atoms with Crippen molar-refractivity contribution in [3.05, 3.63) is 101 Å². The van der Waals surface area contributed by atoms with Crippen LogP contribution in [0, 0.1) is 5.82 Å². The molecule has 0 radical (unpaired) electrons. The minimum absolute atomic E-state index is 0. The Hall–Kier alpha value is -4.01. The molecule has 5 rings (SSSR count). The first-order valence-electron chi connectivity index (χ1n) is 10.7. The highest BCUT2D eigenvalue weighted by atomic mass is 35.5. The van der Waals surface area contributed by atoms with E-state index in [1.807, 2.05) is 18.2 Å². The van der Waals surface area contributed by atoms with Gasteiger partial charge in [-0.2, -0.15) is 0 Å². The maximum Gasteiger partial charge on any atom is 0.299 e. The number of hydrogen-bond acceptors (Lipinski definition) is 4. The van der Waals surface area contributed by atoms with Gasteiger partial charge in [-0.3, -0.25) is 19.3 Å². The number of fused-ring (bicyclic) bond motifs is 1. The molecule has 0 bridgehead atoms. The highest BCUT2D eigenvalue weighted by Crippen LogP contribution is 2.30. The van der Waals surface area contributed by atoms with Crippen molar-refractivity contribution in [2.24, 2.45) is 0 Å². The second kappa shape index (κ2) is 10.3. The quantitative estimate of drug-likeness (QED) is 0.357.